The summed E-state index contributed by atoms with van der Waals surface area (Å²) in [4.78, 5) is 8.37. The molecule has 0 rings (SSSR count). The van der Waals surface area contributed by atoms with Crippen LogP contribution in [-0.4, -0.2) is 12.1 Å². The van der Waals surface area contributed by atoms with E-state index >= 15 is 0 Å². The average Bonchev–Trinajstić information content (AvgIpc) is 1.95. The Morgan fingerprint density at radius 1 is 1.42 bits per heavy atom. The van der Waals surface area contributed by atoms with Crippen molar-refractivity contribution in [3.05, 3.63) is 12.8 Å². The molecular weight excluding hydrogens is 148 g/mol. The van der Waals surface area contributed by atoms with Crippen molar-refractivity contribution < 1.29 is 0 Å². The smallest absolute Gasteiger partial charge is 0.133 e. The number of amidine groups is 1. The van der Waals surface area contributed by atoms with Crippen LogP contribution < -0.4 is 0 Å². The van der Waals surface area contributed by atoms with Gasteiger partial charge in [0, 0.05) is 17.8 Å². The summed E-state index contributed by atoms with van der Waals surface area (Å²) < 4.78 is 0. The quantitative estimate of drug-likeness (QED) is 0.445. The molecule has 68 valence electrons. The van der Waals surface area contributed by atoms with Crippen molar-refractivity contribution in [3.63, 3.8) is 0 Å². The summed E-state index contributed by atoms with van der Waals surface area (Å²) in [7, 11) is 0. The normalized spacial score (nSPS) is 13.8. The monoisotopic (exact) mass is 166 g/mol. The van der Waals surface area contributed by atoms with Gasteiger partial charge in [-0.1, -0.05) is 34.3 Å². The van der Waals surface area contributed by atoms with Crippen LogP contribution in [-0.2, 0) is 0 Å². The van der Waals surface area contributed by atoms with Gasteiger partial charge in [-0.2, -0.15) is 0 Å². The minimum absolute atomic E-state index is 0.000139. The van der Waals surface area contributed by atoms with E-state index in [1.165, 1.54) is 6.20 Å². The van der Waals surface area contributed by atoms with Crippen LogP contribution in [0.5, 0.6) is 0 Å². The van der Waals surface area contributed by atoms with E-state index in [4.69, 9.17) is 0 Å². The standard InChI is InChI=1S/C10H18N2/c1-6-8-12-9(11-7-2)10(3,4)5/h7-8H,2,6H2,1,3-5H3. The Morgan fingerprint density at radius 2 is 2.00 bits per heavy atom. The summed E-state index contributed by atoms with van der Waals surface area (Å²) in [6.45, 7) is 11.9. The largest absolute Gasteiger partial charge is 0.245 e. The molecule has 0 aliphatic heterocycles. The molecule has 0 aromatic heterocycles. The van der Waals surface area contributed by atoms with Crippen molar-refractivity contribution in [2.45, 2.75) is 34.1 Å². The zero-order valence-electron chi connectivity index (χ0n) is 8.46. The number of aliphatic imine (C=N–C) groups is 2. The van der Waals surface area contributed by atoms with Gasteiger partial charge in [0.2, 0.25) is 0 Å². The summed E-state index contributed by atoms with van der Waals surface area (Å²) in [5.74, 6) is 0.833. The molecule has 0 aliphatic rings. The molecule has 0 aliphatic carbocycles. The number of hydrogen-bond donors (Lipinski definition) is 0. The van der Waals surface area contributed by atoms with Crippen molar-refractivity contribution in [1.29, 1.82) is 0 Å². The van der Waals surface area contributed by atoms with E-state index in [9.17, 15) is 0 Å². The van der Waals surface area contributed by atoms with Gasteiger partial charge >= 0.3 is 0 Å². The van der Waals surface area contributed by atoms with Crippen molar-refractivity contribution in [2.24, 2.45) is 15.4 Å². The molecule has 0 amide bonds. The first-order chi connectivity index (χ1) is 5.52. The molecule has 0 spiro atoms. The lowest BCUT2D eigenvalue weighted by Crippen LogP contribution is -2.17. The van der Waals surface area contributed by atoms with E-state index < -0.39 is 0 Å². The van der Waals surface area contributed by atoms with Crippen molar-refractivity contribution >= 4 is 12.1 Å². The second-order valence-electron chi connectivity index (χ2n) is 3.61. The fourth-order valence-corrected chi connectivity index (χ4v) is 0.685. The van der Waals surface area contributed by atoms with Gasteiger partial charge in [0.1, 0.15) is 5.84 Å². The molecule has 0 heterocycles. The number of rotatable bonds is 2. The number of hydrogen-bond acceptors (Lipinski definition) is 1. The van der Waals surface area contributed by atoms with Gasteiger partial charge in [0.05, 0.1) is 0 Å². The van der Waals surface area contributed by atoms with Crippen LogP contribution in [0.1, 0.15) is 34.1 Å². The van der Waals surface area contributed by atoms with Crippen molar-refractivity contribution in [2.75, 3.05) is 0 Å². The van der Waals surface area contributed by atoms with Crippen LogP contribution in [0, 0.1) is 5.41 Å². The summed E-state index contributed by atoms with van der Waals surface area (Å²) in [6, 6.07) is 0. The third kappa shape index (κ3) is 4.06. The maximum absolute atomic E-state index is 4.26. The van der Waals surface area contributed by atoms with Gasteiger partial charge in [-0.25, -0.2) is 9.98 Å². The molecule has 2 heteroatoms. The Bertz CT molecular complexity index is 194. The maximum Gasteiger partial charge on any atom is 0.133 e. The van der Waals surface area contributed by atoms with Gasteiger partial charge in [0.15, 0.2) is 0 Å². The average molecular weight is 166 g/mol. The molecule has 0 radical (unpaired) electrons. The first-order valence-corrected chi connectivity index (χ1v) is 4.24. The fraction of sp³-hybridized carbons (Fsp3) is 0.600. The molecule has 0 unspecified atom stereocenters. The second kappa shape index (κ2) is 4.86. The summed E-state index contributed by atoms with van der Waals surface area (Å²) in [6.07, 6.45) is 4.34. The number of nitrogens with zero attached hydrogens (tertiary/aromatic N) is 2. The molecule has 0 saturated heterocycles. The van der Waals surface area contributed by atoms with Crippen LogP contribution >= 0.6 is 0 Å². The molecule has 0 atom stereocenters. The van der Waals surface area contributed by atoms with Gasteiger partial charge in [-0.05, 0) is 6.42 Å². The van der Waals surface area contributed by atoms with Crippen LogP contribution in [0.3, 0.4) is 0 Å². The highest BCUT2D eigenvalue weighted by Crippen LogP contribution is 2.16. The molecule has 0 bridgehead atoms. The van der Waals surface area contributed by atoms with E-state index in [1.807, 2.05) is 6.21 Å². The summed E-state index contributed by atoms with van der Waals surface area (Å²) in [5, 5.41) is 0. The highest BCUT2D eigenvalue weighted by atomic mass is 14.9. The molecule has 0 fully saturated rings. The zero-order valence-corrected chi connectivity index (χ0v) is 8.46. The van der Waals surface area contributed by atoms with E-state index in [2.05, 4.69) is 44.3 Å². The van der Waals surface area contributed by atoms with E-state index in [-0.39, 0.29) is 5.41 Å². The minimum atomic E-state index is -0.000139. The van der Waals surface area contributed by atoms with Gasteiger partial charge in [0.25, 0.3) is 0 Å². The summed E-state index contributed by atoms with van der Waals surface area (Å²) in [5.41, 5.74) is -0.000139. The molecular formula is C10H18N2. The topological polar surface area (TPSA) is 24.7 Å². The van der Waals surface area contributed by atoms with Crippen LogP contribution in [0.2, 0.25) is 0 Å². The van der Waals surface area contributed by atoms with Gasteiger partial charge < -0.3 is 0 Å². The predicted octanol–water partition coefficient (Wildman–Crippen LogP) is 3.06. The first-order valence-electron chi connectivity index (χ1n) is 4.24. The molecule has 12 heavy (non-hydrogen) atoms. The lowest BCUT2D eigenvalue weighted by molar-refractivity contribution is 0.585. The zero-order chi connectivity index (χ0) is 9.61. The Kier molecular flexibility index (Phi) is 4.49. The van der Waals surface area contributed by atoms with E-state index in [0.29, 0.717) is 0 Å². The van der Waals surface area contributed by atoms with Crippen LogP contribution in [0.15, 0.2) is 22.8 Å². The van der Waals surface area contributed by atoms with Crippen molar-refractivity contribution in [1.82, 2.24) is 0 Å². The lowest BCUT2D eigenvalue weighted by atomic mass is 9.95. The second-order valence-corrected chi connectivity index (χ2v) is 3.61. The molecule has 2 nitrogen and oxygen atoms in total. The minimum Gasteiger partial charge on any atom is -0.245 e. The Balaban J connectivity index is 4.57. The molecule has 0 aromatic rings. The SMILES string of the molecule is C=CN=C(N=CCC)C(C)(C)C. The first kappa shape index (κ1) is 11.1. The van der Waals surface area contributed by atoms with Crippen LogP contribution in [0.25, 0.3) is 0 Å². The molecule has 0 aromatic carbocycles. The van der Waals surface area contributed by atoms with E-state index in [0.717, 1.165) is 12.3 Å². The lowest BCUT2D eigenvalue weighted by Gasteiger charge is -2.16. The Hall–Kier alpha value is -0.920. The van der Waals surface area contributed by atoms with E-state index in [1.54, 1.807) is 0 Å². The third-order valence-corrected chi connectivity index (χ3v) is 1.28. The maximum atomic E-state index is 4.26. The fourth-order valence-electron chi connectivity index (χ4n) is 0.685. The Morgan fingerprint density at radius 3 is 2.33 bits per heavy atom. The molecule has 0 N–H and O–H groups in total. The van der Waals surface area contributed by atoms with Gasteiger partial charge in [-0.3, -0.25) is 0 Å². The van der Waals surface area contributed by atoms with Gasteiger partial charge in [-0.15, -0.1) is 0 Å². The summed E-state index contributed by atoms with van der Waals surface area (Å²) >= 11 is 0. The predicted molar refractivity (Wildman–Crippen MR) is 55.9 cm³/mol. The molecule has 0 saturated carbocycles. The highest BCUT2D eigenvalue weighted by molar-refractivity contribution is 5.93. The van der Waals surface area contributed by atoms with Crippen LogP contribution in [0.4, 0.5) is 0 Å². The Labute approximate surface area is 75.1 Å². The third-order valence-electron chi connectivity index (χ3n) is 1.28. The highest BCUT2D eigenvalue weighted by Gasteiger charge is 2.16. The van der Waals surface area contributed by atoms with Crippen molar-refractivity contribution in [3.8, 4) is 0 Å².